The predicted molar refractivity (Wildman–Crippen MR) is 61.8 cm³/mol. The molecule has 0 aliphatic rings. The Morgan fingerprint density at radius 2 is 2.19 bits per heavy atom. The highest BCUT2D eigenvalue weighted by atomic mass is 32.1. The molecule has 0 saturated carbocycles. The molecule has 1 atom stereocenters. The first-order chi connectivity index (χ1) is 7.48. The van der Waals surface area contributed by atoms with Gasteiger partial charge in [0, 0.05) is 6.20 Å². The number of aromatic nitrogens is 3. The van der Waals surface area contributed by atoms with E-state index < -0.39 is 0 Å². The van der Waals surface area contributed by atoms with Crippen molar-refractivity contribution in [3.05, 3.63) is 17.6 Å². The van der Waals surface area contributed by atoms with Gasteiger partial charge >= 0.3 is 0 Å². The van der Waals surface area contributed by atoms with Crippen molar-refractivity contribution in [2.45, 2.75) is 26.8 Å². The van der Waals surface area contributed by atoms with Crippen molar-refractivity contribution in [3.8, 4) is 10.7 Å². The maximum absolute atomic E-state index is 6.03. The van der Waals surface area contributed by atoms with Crippen LogP contribution in [0.2, 0.25) is 0 Å². The summed E-state index contributed by atoms with van der Waals surface area (Å²) in [7, 11) is 0. The number of thiazole rings is 1. The molecule has 0 spiro atoms. The zero-order chi connectivity index (χ0) is 11.8. The summed E-state index contributed by atoms with van der Waals surface area (Å²) in [4.78, 5) is 9.14. The summed E-state index contributed by atoms with van der Waals surface area (Å²) in [5.74, 6) is 1.02. The second-order valence-electron chi connectivity index (χ2n) is 4.67. The monoisotopic (exact) mass is 238 g/mol. The van der Waals surface area contributed by atoms with Gasteiger partial charge in [0.25, 0.3) is 0 Å². The fourth-order valence-corrected chi connectivity index (χ4v) is 1.70. The summed E-state index contributed by atoms with van der Waals surface area (Å²) in [5.41, 5.74) is 7.66. The minimum absolute atomic E-state index is 0.0997. The predicted octanol–water partition coefficient (Wildman–Crippen LogP) is 2.24. The highest BCUT2D eigenvalue weighted by Gasteiger charge is 2.27. The van der Waals surface area contributed by atoms with Crippen molar-refractivity contribution in [2.24, 2.45) is 11.1 Å². The van der Waals surface area contributed by atoms with E-state index >= 15 is 0 Å². The van der Waals surface area contributed by atoms with Crippen LogP contribution in [0.15, 0.2) is 16.2 Å². The lowest BCUT2D eigenvalue weighted by Gasteiger charge is -2.23. The summed E-state index contributed by atoms with van der Waals surface area (Å²) in [6.07, 6.45) is 1.71. The van der Waals surface area contributed by atoms with Crippen LogP contribution >= 0.6 is 11.3 Å². The number of nitrogens with two attached hydrogens (primary N) is 1. The maximum Gasteiger partial charge on any atom is 0.244 e. The van der Waals surface area contributed by atoms with Gasteiger partial charge in [-0.1, -0.05) is 25.9 Å². The Labute approximate surface area is 97.7 Å². The summed E-state index contributed by atoms with van der Waals surface area (Å²) in [5, 5.41) is 3.90. The molecule has 6 heteroatoms. The molecule has 0 aliphatic heterocycles. The van der Waals surface area contributed by atoms with Crippen LogP contribution < -0.4 is 5.73 Å². The smallest absolute Gasteiger partial charge is 0.244 e. The molecule has 2 aromatic rings. The Kier molecular flexibility index (Phi) is 2.77. The Hall–Kier alpha value is -1.27. The van der Waals surface area contributed by atoms with Gasteiger partial charge in [-0.3, -0.25) is 4.98 Å². The first-order valence-corrected chi connectivity index (χ1v) is 5.84. The lowest BCUT2D eigenvalue weighted by Crippen LogP contribution is -2.26. The maximum atomic E-state index is 6.03. The molecule has 16 heavy (non-hydrogen) atoms. The zero-order valence-electron chi connectivity index (χ0n) is 9.47. The fraction of sp³-hybridized carbons (Fsp3) is 0.500. The van der Waals surface area contributed by atoms with E-state index in [0.29, 0.717) is 11.7 Å². The second-order valence-corrected chi connectivity index (χ2v) is 5.55. The average molecular weight is 238 g/mol. The van der Waals surface area contributed by atoms with Crippen molar-refractivity contribution in [3.63, 3.8) is 0 Å². The minimum atomic E-state index is -0.262. The Morgan fingerprint density at radius 3 is 2.75 bits per heavy atom. The first kappa shape index (κ1) is 11.2. The van der Waals surface area contributed by atoms with Gasteiger partial charge in [-0.25, -0.2) is 0 Å². The summed E-state index contributed by atoms with van der Waals surface area (Å²) < 4.78 is 5.17. The van der Waals surface area contributed by atoms with Crippen molar-refractivity contribution in [2.75, 3.05) is 0 Å². The molecule has 2 rings (SSSR count). The van der Waals surface area contributed by atoms with Gasteiger partial charge in [0.05, 0.1) is 16.4 Å². The molecule has 2 heterocycles. The number of hydrogen-bond acceptors (Lipinski definition) is 6. The van der Waals surface area contributed by atoms with E-state index in [1.165, 1.54) is 11.3 Å². The van der Waals surface area contributed by atoms with Crippen molar-refractivity contribution < 1.29 is 4.52 Å². The standard InChI is InChI=1S/C10H14N4OS/c1-10(2,3)7(11)9-13-8(14-15-9)6-4-12-5-16-6/h4-5,7H,11H2,1-3H3. The molecule has 2 aromatic heterocycles. The van der Waals surface area contributed by atoms with Gasteiger partial charge in [-0.05, 0) is 5.41 Å². The SMILES string of the molecule is CC(C)(C)C(N)c1nc(-c2cncs2)no1. The Bertz CT molecular complexity index is 457. The van der Waals surface area contributed by atoms with Crippen LogP contribution in [0.4, 0.5) is 0 Å². The Morgan fingerprint density at radius 1 is 1.44 bits per heavy atom. The van der Waals surface area contributed by atoms with Gasteiger partial charge in [0.15, 0.2) is 0 Å². The van der Waals surface area contributed by atoms with Crippen LogP contribution in [-0.4, -0.2) is 15.1 Å². The number of nitrogens with zero attached hydrogens (tertiary/aromatic N) is 3. The van der Waals surface area contributed by atoms with Gasteiger partial charge < -0.3 is 10.3 Å². The molecule has 2 N–H and O–H groups in total. The third-order valence-corrected chi connectivity index (χ3v) is 3.06. The topological polar surface area (TPSA) is 77.8 Å². The Balaban J connectivity index is 2.27. The summed E-state index contributed by atoms with van der Waals surface area (Å²) in [6.45, 7) is 6.11. The van der Waals surface area contributed by atoms with Crippen LogP contribution in [-0.2, 0) is 0 Å². The second kappa shape index (κ2) is 3.95. The molecule has 5 nitrogen and oxygen atoms in total. The lowest BCUT2D eigenvalue weighted by atomic mass is 9.87. The number of hydrogen-bond donors (Lipinski definition) is 1. The normalized spacial score (nSPS) is 14.0. The summed E-state index contributed by atoms with van der Waals surface area (Å²) >= 11 is 1.47. The molecule has 0 amide bonds. The van der Waals surface area contributed by atoms with Gasteiger partial charge in [-0.2, -0.15) is 4.98 Å². The van der Waals surface area contributed by atoms with Crippen molar-refractivity contribution >= 4 is 11.3 Å². The highest BCUT2D eigenvalue weighted by Crippen LogP contribution is 2.30. The van der Waals surface area contributed by atoms with E-state index in [1.54, 1.807) is 11.7 Å². The average Bonchev–Trinajstić information content (AvgIpc) is 2.85. The van der Waals surface area contributed by atoms with Crippen molar-refractivity contribution in [1.82, 2.24) is 15.1 Å². The van der Waals surface area contributed by atoms with Crippen LogP contribution in [0.5, 0.6) is 0 Å². The first-order valence-electron chi connectivity index (χ1n) is 4.96. The van der Waals surface area contributed by atoms with E-state index in [2.05, 4.69) is 15.1 Å². The van der Waals surface area contributed by atoms with E-state index in [4.69, 9.17) is 10.3 Å². The number of rotatable bonds is 2. The highest BCUT2D eigenvalue weighted by molar-refractivity contribution is 7.13. The molecule has 86 valence electrons. The molecule has 0 radical (unpaired) electrons. The van der Waals surface area contributed by atoms with Crippen LogP contribution in [0, 0.1) is 5.41 Å². The lowest BCUT2D eigenvalue weighted by molar-refractivity contribution is 0.253. The minimum Gasteiger partial charge on any atom is -0.337 e. The third kappa shape index (κ3) is 2.12. The fourth-order valence-electron chi connectivity index (χ4n) is 1.16. The summed E-state index contributed by atoms with van der Waals surface area (Å²) in [6, 6.07) is -0.262. The zero-order valence-corrected chi connectivity index (χ0v) is 10.3. The van der Waals surface area contributed by atoms with Gasteiger partial charge in [0.1, 0.15) is 0 Å². The van der Waals surface area contributed by atoms with Crippen LogP contribution in [0.3, 0.4) is 0 Å². The molecule has 0 saturated heterocycles. The van der Waals surface area contributed by atoms with Crippen molar-refractivity contribution in [1.29, 1.82) is 0 Å². The molecule has 0 bridgehead atoms. The largest absolute Gasteiger partial charge is 0.337 e. The molecule has 0 fully saturated rings. The van der Waals surface area contributed by atoms with Gasteiger partial charge in [-0.15, -0.1) is 11.3 Å². The van der Waals surface area contributed by atoms with E-state index in [-0.39, 0.29) is 11.5 Å². The van der Waals surface area contributed by atoms with Crippen LogP contribution in [0.1, 0.15) is 32.7 Å². The third-order valence-electron chi connectivity index (χ3n) is 2.29. The quantitative estimate of drug-likeness (QED) is 0.868. The van der Waals surface area contributed by atoms with E-state index in [9.17, 15) is 0 Å². The van der Waals surface area contributed by atoms with Gasteiger partial charge in [0.2, 0.25) is 11.7 Å². The molecule has 0 aliphatic carbocycles. The molecule has 0 aromatic carbocycles. The molecule has 1 unspecified atom stereocenters. The van der Waals surface area contributed by atoms with Crippen LogP contribution in [0.25, 0.3) is 10.7 Å². The van der Waals surface area contributed by atoms with E-state index in [0.717, 1.165) is 4.88 Å². The molecular weight excluding hydrogens is 224 g/mol. The molecular formula is C10H14N4OS. The van der Waals surface area contributed by atoms with E-state index in [1.807, 2.05) is 20.8 Å².